The van der Waals surface area contributed by atoms with E-state index < -0.39 is 12.1 Å². The minimum Gasteiger partial charge on any atom is -0.490 e. The molecule has 0 saturated heterocycles. The van der Waals surface area contributed by atoms with Crippen molar-refractivity contribution in [3.63, 3.8) is 0 Å². The average Bonchev–Trinajstić information content (AvgIpc) is 2.43. The van der Waals surface area contributed by atoms with E-state index in [-0.39, 0.29) is 25.4 Å². The van der Waals surface area contributed by atoms with Crippen LogP contribution in [0.15, 0.2) is 36.4 Å². The van der Waals surface area contributed by atoms with Crippen LogP contribution in [0, 0.1) is 0 Å². The van der Waals surface area contributed by atoms with Crippen molar-refractivity contribution in [3.8, 4) is 5.75 Å². The molecule has 114 valence electrons. The molecular formula is C16H20O5. The summed E-state index contributed by atoms with van der Waals surface area (Å²) in [7, 11) is 0. The Morgan fingerprint density at radius 1 is 1.24 bits per heavy atom. The molecule has 0 aliphatic rings. The van der Waals surface area contributed by atoms with E-state index in [0.717, 1.165) is 0 Å². The first kappa shape index (κ1) is 16.9. The number of hydrogen-bond acceptors (Lipinski definition) is 5. The fourth-order valence-electron chi connectivity index (χ4n) is 1.54. The number of Topliss-reactive ketones (excluding diaryl/α,β-unsaturated/α-hetero) is 1. The molecule has 0 bridgehead atoms. The van der Waals surface area contributed by atoms with E-state index in [0.29, 0.717) is 16.9 Å². The van der Waals surface area contributed by atoms with E-state index in [2.05, 4.69) is 6.58 Å². The highest BCUT2D eigenvalue weighted by molar-refractivity contribution is 5.96. The van der Waals surface area contributed by atoms with Crippen molar-refractivity contribution in [2.24, 2.45) is 0 Å². The molecule has 0 aromatic heterocycles. The molecule has 5 nitrogen and oxygen atoms in total. The zero-order valence-electron chi connectivity index (χ0n) is 12.3. The zero-order valence-corrected chi connectivity index (χ0v) is 12.3. The quantitative estimate of drug-likeness (QED) is 0.344. The van der Waals surface area contributed by atoms with Gasteiger partial charge >= 0.3 is 5.97 Å². The summed E-state index contributed by atoms with van der Waals surface area (Å²) >= 11 is 0. The Bertz CT molecular complexity index is 502. The zero-order chi connectivity index (χ0) is 15.8. The molecule has 0 heterocycles. The van der Waals surface area contributed by atoms with Crippen LogP contribution in [0.4, 0.5) is 0 Å². The molecule has 1 unspecified atom stereocenters. The van der Waals surface area contributed by atoms with Crippen LogP contribution in [0.3, 0.4) is 0 Å². The van der Waals surface area contributed by atoms with Crippen LogP contribution in [0.25, 0.3) is 0 Å². The summed E-state index contributed by atoms with van der Waals surface area (Å²) in [6.07, 6.45) is -0.562. The first-order valence-electron chi connectivity index (χ1n) is 6.67. The first-order chi connectivity index (χ1) is 9.90. The van der Waals surface area contributed by atoms with Crippen LogP contribution >= 0.6 is 0 Å². The maximum atomic E-state index is 11.7. The monoisotopic (exact) mass is 292 g/mol. The molecule has 0 saturated carbocycles. The van der Waals surface area contributed by atoms with E-state index in [9.17, 15) is 14.7 Å². The molecule has 0 aliphatic heterocycles. The first-order valence-corrected chi connectivity index (χ1v) is 6.67. The maximum Gasteiger partial charge on any atom is 0.333 e. The van der Waals surface area contributed by atoms with Crippen LogP contribution in [0.5, 0.6) is 5.75 Å². The molecule has 0 amide bonds. The van der Waals surface area contributed by atoms with Gasteiger partial charge in [-0.3, -0.25) is 4.79 Å². The number of hydrogen-bond donors (Lipinski definition) is 1. The minimum absolute atomic E-state index is 0.0943. The second-order valence-corrected chi connectivity index (χ2v) is 4.77. The van der Waals surface area contributed by atoms with Crippen molar-refractivity contribution < 1.29 is 24.2 Å². The number of ketones is 1. The summed E-state index contributed by atoms with van der Waals surface area (Å²) in [6, 6.07) is 6.60. The molecule has 0 aliphatic carbocycles. The number of rotatable bonds is 8. The number of ether oxygens (including phenoxy) is 2. The molecule has 1 N–H and O–H groups in total. The van der Waals surface area contributed by atoms with Gasteiger partial charge in [0.05, 0.1) is 6.10 Å². The van der Waals surface area contributed by atoms with Crippen molar-refractivity contribution in [2.75, 3.05) is 13.2 Å². The van der Waals surface area contributed by atoms with E-state index in [4.69, 9.17) is 9.47 Å². The fourth-order valence-corrected chi connectivity index (χ4v) is 1.54. The highest BCUT2D eigenvalue weighted by Crippen LogP contribution is 2.14. The lowest BCUT2D eigenvalue weighted by Crippen LogP contribution is -2.12. The molecule has 0 fully saturated rings. The second kappa shape index (κ2) is 8.21. The van der Waals surface area contributed by atoms with Gasteiger partial charge < -0.3 is 14.6 Å². The van der Waals surface area contributed by atoms with Crippen LogP contribution in [0.1, 0.15) is 30.6 Å². The molecular weight excluding hydrogens is 272 g/mol. The Hall–Kier alpha value is -2.14. The smallest absolute Gasteiger partial charge is 0.333 e. The van der Waals surface area contributed by atoms with Gasteiger partial charge in [-0.1, -0.05) is 6.58 Å². The largest absolute Gasteiger partial charge is 0.490 e. The summed E-state index contributed by atoms with van der Waals surface area (Å²) < 4.78 is 10.3. The number of benzene rings is 1. The van der Waals surface area contributed by atoms with Crippen molar-refractivity contribution in [1.29, 1.82) is 0 Å². The predicted molar refractivity (Wildman–Crippen MR) is 78.3 cm³/mol. The molecule has 5 heteroatoms. The van der Waals surface area contributed by atoms with E-state index in [1.807, 2.05) is 0 Å². The Labute approximate surface area is 124 Å². The Morgan fingerprint density at radius 3 is 2.38 bits per heavy atom. The normalized spacial score (nSPS) is 11.6. The number of aliphatic hydroxyl groups excluding tert-OH is 1. The minimum atomic E-state index is -0.656. The van der Waals surface area contributed by atoms with Crippen molar-refractivity contribution >= 4 is 11.8 Å². The molecule has 0 radical (unpaired) electrons. The van der Waals surface area contributed by atoms with Crippen molar-refractivity contribution in [2.45, 2.75) is 26.4 Å². The SMILES string of the molecule is C=C(C)C(=O)OCCOc1ccc(C(=O)CC(C)O)cc1. The summed E-state index contributed by atoms with van der Waals surface area (Å²) in [5.41, 5.74) is 0.868. The van der Waals surface area contributed by atoms with Gasteiger partial charge in [-0.25, -0.2) is 4.79 Å². The Morgan fingerprint density at radius 2 is 1.86 bits per heavy atom. The highest BCUT2D eigenvalue weighted by atomic mass is 16.6. The van der Waals surface area contributed by atoms with Gasteiger partial charge in [-0.05, 0) is 38.1 Å². The Balaban J connectivity index is 2.39. The standard InChI is InChI=1S/C16H20O5/c1-11(2)16(19)21-9-8-20-14-6-4-13(5-7-14)15(18)10-12(3)17/h4-7,12,17H,1,8-10H2,2-3H3. The van der Waals surface area contributed by atoms with Gasteiger partial charge in [0.1, 0.15) is 19.0 Å². The summed E-state index contributed by atoms with van der Waals surface area (Å²) in [5, 5.41) is 9.17. The van der Waals surface area contributed by atoms with Crippen molar-refractivity contribution in [1.82, 2.24) is 0 Å². The van der Waals surface area contributed by atoms with Gasteiger partial charge in [0, 0.05) is 17.6 Å². The third kappa shape index (κ3) is 6.23. The van der Waals surface area contributed by atoms with E-state index in [1.54, 1.807) is 38.1 Å². The number of carbonyl (C=O) groups excluding carboxylic acids is 2. The molecule has 1 atom stereocenters. The van der Waals surface area contributed by atoms with Crippen LogP contribution in [-0.2, 0) is 9.53 Å². The lowest BCUT2D eigenvalue weighted by molar-refractivity contribution is -0.139. The van der Waals surface area contributed by atoms with Crippen LogP contribution < -0.4 is 4.74 Å². The number of aliphatic hydroxyl groups is 1. The predicted octanol–water partition coefficient (Wildman–Crippen LogP) is 2.14. The van der Waals surface area contributed by atoms with Gasteiger partial charge in [0.25, 0.3) is 0 Å². The average molecular weight is 292 g/mol. The summed E-state index contributed by atoms with van der Waals surface area (Å²) in [4.78, 5) is 22.8. The molecule has 1 aromatic rings. The lowest BCUT2D eigenvalue weighted by atomic mass is 10.1. The lowest BCUT2D eigenvalue weighted by Gasteiger charge is -2.08. The van der Waals surface area contributed by atoms with Gasteiger partial charge in [0.2, 0.25) is 0 Å². The topological polar surface area (TPSA) is 72.8 Å². The van der Waals surface area contributed by atoms with E-state index in [1.165, 1.54) is 0 Å². The fraction of sp³-hybridized carbons (Fsp3) is 0.375. The van der Waals surface area contributed by atoms with Gasteiger partial charge in [-0.15, -0.1) is 0 Å². The number of carbonyl (C=O) groups is 2. The van der Waals surface area contributed by atoms with E-state index >= 15 is 0 Å². The number of esters is 1. The van der Waals surface area contributed by atoms with Crippen LogP contribution in [-0.4, -0.2) is 36.2 Å². The van der Waals surface area contributed by atoms with Crippen molar-refractivity contribution in [3.05, 3.63) is 42.0 Å². The molecule has 21 heavy (non-hydrogen) atoms. The maximum absolute atomic E-state index is 11.7. The summed E-state index contributed by atoms with van der Waals surface area (Å²) in [5.74, 6) is 0.0135. The third-order valence-electron chi connectivity index (χ3n) is 2.59. The highest BCUT2D eigenvalue weighted by Gasteiger charge is 2.09. The summed E-state index contributed by atoms with van der Waals surface area (Å²) in [6.45, 7) is 6.98. The van der Waals surface area contributed by atoms with Gasteiger partial charge in [0.15, 0.2) is 5.78 Å². The Kier molecular flexibility index (Phi) is 6.62. The third-order valence-corrected chi connectivity index (χ3v) is 2.59. The van der Waals surface area contributed by atoms with Crippen LogP contribution in [0.2, 0.25) is 0 Å². The molecule has 0 spiro atoms. The van der Waals surface area contributed by atoms with Gasteiger partial charge in [-0.2, -0.15) is 0 Å². The molecule has 1 aromatic carbocycles. The second-order valence-electron chi connectivity index (χ2n) is 4.77. The molecule has 1 rings (SSSR count).